The SMILES string of the molecule is C[C@H](C(=O)NC1CCCCC1)N1CCC(CCc2ccc(O)cc2)CC1. The lowest BCUT2D eigenvalue weighted by Crippen LogP contribution is -2.50. The summed E-state index contributed by atoms with van der Waals surface area (Å²) in [5.74, 6) is 1.30. The van der Waals surface area contributed by atoms with Crippen molar-refractivity contribution in [2.45, 2.75) is 76.8 Å². The molecule has 2 aliphatic rings. The van der Waals surface area contributed by atoms with Crippen molar-refractivity contribution < 1.29 is 9.90 Å². The lowest BCUT2D eigenvalue weighted by molar-refractivity contribution is -0.127. The van der Waals surface area contributed by atoms with E-state index >= 15 is 0 Å². The molecule has 1 saturated carbocycles. The van der Waals surface area contributed by atoms with Crippen molar-refractivity contribution in [3.63, 3.8) is 0 Å². The van der Waals surface area contributed by atoms with E-state index in [9.17, 15) is 9.90 Å². The summed E-state index contributed by atoms with van der Waals surface area (Å²) in [6.45, 7) is 4.12. The third-order valence-electron chi connectivity index (χ3n) is 6.31. The summed E-state index contributed by atoms with van der Waals surface area (Å²) < 4.78 is 0. The van der Waals surface area contributed by atoms with Gasteiger partial charge >= 0.3 is 0 Å². The Morgan fingerprint density at radius 1 is 1.12 bits per heavy atom. The molecule has 1 saturated heterocycles. The summed E-state index contributed by atoms with van der Waals surface area (Å²) in [5, 5.41) is 12.6. The maximum Gasteiger partial charge on any atom is 0.237 e. The Bertz CT molecular complexity index is 558. The van der Waals surface area contributed by atoms with Crippen LogP contribution in [0.3, 0.4) is 0 Å². The minimum atomic E-state index is -0.00465. The molecule has 1 aliphatic heterocycles. The minimum Gasteiger partial charge on any atom is -0.508 e. The molecule has 1 atom stereocenters. The first-order valence-electron chi connectivity index (χ1n) is 10.4. The monoisotopic (exact) mass is 358 g/mol. The van der Waals surface area contributed by atoms with E-state index in [-0.39, 0.29) is 11.9 Å². The maximum absolute atomic E-state index is 12.6. The van der Waals surface area contributed by atoms with Gasteiger partial charge in [-0.3, -0.25) is 9.69 Å². The molecule has 4 nitrogen and oxygen atoms in total. The number of aryl methyl sites for hydroxylation is 1. The molecule has 1 aliphatic carbocycles. The Morgan fingerprint density at radius 2 is 1.77 bits per heavy atom. The molecule has 4 heteroatoms. The number of rotatable bonds is 6. The van der Waals surface area contributed by atoms with Gasteiger partial charge in [-0.15, -0.1) is 0 Å². The molecule has 1 aromatic carbocycles. The quantitative estimate of drug-likeness (QED) is 0.811. The number of carbonyl (C=O) groups excluding carboxylic acids is 1. The molecule has 2 fully saturated rings. The Kier molecular flexibility index (Phi) is 6.95. The minimum absolute atomic E-state index is 0.00465. The smallest absolute Gasteiger partial charge is 0.237 e. The van der Waals surface area contributed by atoms with Gasteiger partial charge in [-0.2, -0.15) is 0 Å². The zero-order chi connectivity index (χ0) is 18.4. The van der Waals surface area contributed by atoms with Gasteiger partial charge in [0.1, 0.15) is 5.75 Å². The molecule has 144 valence electrons. The number of hydrogen-bond acceptors (Lipinski definition) is 3. The lowest BCUT2D eigenvalue weighted by atomic mass is 9.90. The van der Waals surface area contributed by atoms with Crippen molar-refractivity contribution in [1.29, 1.82) is 0 Å². The van der Waals surface area contributed by atoms with Crippen molar-refractivity contribution in [1.82, 2.24) is 10.2 Å². The Hall–Kier alpha value is -1.55. The summed E-state index contributed by atoms with van der Waals surface area (Å²) >= 11 is 0. The predicted octanol–water partition coefficient (Wildman–Crippen LogP) is 3.87. The first kappa shape index (κ1) is 19.2. The molecular weight excluding hydrogens is 324 g/mol. The number of piperidine rings is 1. The van der Waals surface area contributed by atoms with E-state index in [2.05, 4.69) is 17.1 Å². The number of hydrogen-bond donors (Lipinski definition) is 2. The highest BCUT2D eigenvalue weighted by molar-refractivity contribution is 5.81. The fourth-order valence-corrected chi connectivity index (χ4v) is 4.40. The molecule has 2 N–H and O–H groups in total. The predicted molar refractivity (Wildman–Crippen MR) is 105 cm³/mol. The summed E-state index contributed by atoms with van der Waals surface area (Å²) in [5.41, 5.74) is 1.30. The molecule has 0 radical (unpaired) electrons. The van der Waals surface area contributed by atoms with Gasteiger partial charge in [0.05, 0.1) is 6.04 Å². The van der Waals surface area contributed by atoms with Crippen LogP contribution >= 0.6 is 0 Å². The highest BCUT2D eigenvalue weighted by Gasteiger charge is 2.27. The number of carbonyl (C=O) groups is 1. The zero-order valence-corrected chi connectivity index (χ0v) is 16.1. The van der Waals surface area contributed by atoms with E-state index in [0.29, 0.717) is 11.8 Å². The van der Waals surface area contributed by atoms with Gasteiger partial charge in [-0.05, 0) is 82.2 Å². The van der Waals surface area contributed by atoms with Crippen LogP contribution in [0.4, 0.5) is 0 Å². The Morgan fingerprint density at radius 3 is 2.42 bits per heavy atom. The molecule has 0 unspecified atom stereocenters. The van der Waals surface area contributed by atoms with Gasteiger partial charge in [-0.1, -0.05) is 31.4 Å². The van der Waals surface area contributed by atoms with Crippen LogP contribution in [0, 0.1) is 5.92 Å². The molecule has 1 amide bonds. The van der Waals surface area contributed by atoms with Gasteiger partial charge in [0.25, 0.3) is 0 Å². The number of amides is 1. The van der Waals surface area contributed by atoms with Crippen LogP contribution in [-0.4, -0.2) is 41.1 Å². The average Bonchev–Trinajstić information content (AvgIpc) is 2.68. The molecule has 1 aromatic rings. The summed E-state index contributed by atoms with van der Waals surface area (Å²) in [7, 11) is 0. The molecule has 0 spiro atoms. The van der Waals surface area contributed by atoms with Gasteiger partial charge in [0.2, 0.25) is 5.91 Å². The topological polar surface area (TPSA) is 52.6 Å². The second-order valence-electron chi connectivity index (χ2n) is 8.20. The van der Waals surface area contributed by atoms with Crippen molar-refractivity contribution >= 4 is 5.91 Å². The van der Waals surface area contributed by atoms with E-state index in [1.807, 2.05) is 12.1 Å². The zero-order valence-electron chi connectivity index (χ0n) is 16.1. The second-order valence-corrected chi connectivity index (χ2v) is 8.20. The first-order chi connectivity index (χ1) is 12.6. The summed E-state index contributed by atoms with van der Waals surface area (Å²) in [6.07, 6.45) is 10.8. The van der Waals surface area contributed by atoms with Crippen molar-refractivity contribution in [2.75, 3.05) is 13.1 Å². The average molecular weight is 359 g/mol. The molecule has 1 heterocycles. The van der Waals surface area contributed by atoms with E-state index in [1.165, 1.54) is 44.1 Å². The number of nitrogens with zero attached hydrogens (tertiary/aromatic N) is 1. The second kappa shape index (κ2) is 9.40. The number of phenols is 1. The van der Waals surface area contributed by atoms with E-state index in [4.69, 9.17) is 0 Å². The molecular formula is C22H34N2O2. The van der Waals surface area contributed by atoms with Crippen molar-refractivity contribution in [3.05, 3.63) is 29.8 Å². The van der Waals surface area contributed by atoms with Crippen LogP contribution in [0.2, 0.25) is 0 Å². The fraction of sp³-hybridized carbons (Fsp3) is 0.682. The largest absolute Gasteiger partial charge is 0.508 e. The van der Waals surface area contributed by atoms with Gasteiger partial charge in [0.15, 0.2) is 0 Å². The highest BCUT2D eigenvalue weighted by atomic mass is 16.3. The van der Waals surface area contributed by atoms with E-state index in [0.717, 1.165) is 38.3 Å². The van der Waals surface area contributed by atoms with E-state index < -0.39 is 0 Å². The van der Waals surface area contributed by atoms with Crippen LogP contribution in [0.5, 0.6) is 5.75 Å². The number of likely N-dealkylation sites (tertiary alicyclic amines) is 1. The fourth-order valence-electron chi connectivity index (χ4n) is 4.40. The maximum atomic E-state index is 12.6. The van der Waals surface area contributed by atoms with Crippen LogP contribution < -0.4 is 5.32 Å². The summed E-state index contributed by atoms with van der Waals surface area (Å²) in [4.78, 5) is 14.9. The molecule has 3 rings (SSSR count). The summed E-state index contributed by atoms with van der Waals surface area (Å²) in [6, 6.07) is 7.97. The van der Waals surface area contributed by atoms with Crippen molar-refractivity contribution in [2.24, 2.45) is 5.92 Å². The standard InChI is InChI=1S/C22H34N2O2/c1-17(22(26)23-20-5-3-2-4-6-20)24-15-13-19(14-16-24)8-7-18-9-11-21(25)12-10-18/h9-12,17,19-20,25H,2-8,13-16H2,1H3,(H,23,26)/t17-/m1/s1. The van der Waals surface area contributed by atoms with Gasteiger partial charge < -0.3 is 10.4 Å². The highest BCUT2D eigenvalue weighted by Crippen LogP contribution is 2.24. The first-order valence-corrected chi connectivity index (χ1v) is 10.4. The Balaban J connectivity index is 1.38. The van der Waals surface area contributed by atoms with Crippen LogP contribution in [0.1, 0.15) is 63.9 Å². The van der Waals surface area contributed by atoms with Crippen LogP contribution in [-0.2, 0) is 11.2 Å². The molecule has 0 bridgehead atoms. The number of phenolic OH excluding ortho intramolecular Hbond substituents is 1. The third kappa shape index (κ3) is 5.47. The van der Waals surface area contributed by atoms with Gasteiger partial charge in [-0.25, -0.2) is 0 Å². The van der Waals surface area contributed by atoms with Gasteiger partial charge in [0, 0.05) is 6.04 Å². The van der Waals surface area contributed by atoms with Crippen LogP contribution in [0.25, 0.3) is 0 Å². The Labute approximate surface area is 158 Å². The lowest BCUT2D eigenvalue weighted by Gasteiger charge is -2.36. The normalized spacial score (nSPS) is 21.4. The number of aromatic hydroxyl groups is 1. The molecule has 0 aromatic heterocycles. The number of benzene rings is 1. The van der Waals surface area contributed by atoms with E-state index in [1.54, 1.807) is 12.1 Å². The third-order valence-corrected chi connectivity index (χ3v) is 6.31. The van der Waals surface area contributed by atoms with Crippen LogP contribution in [0.15, 0.2) is 24.3 Å². The van der Waals surface area contributed by atoms with Crippen molar-refractivity contribution in [3.8, 4) is 5.75 Å². The molecule has 26 heavy (non-hydrogen) atoms. The number of nitrogens with one attached hydrogen (secondary N) is 1.